The molecule has 1 unspecified atom stereocenters. The summed E-state index contributed by atoms with van der Waals surface area (Å²) in [5.74, 6) is 0.976. The van der Waals surface area contributed by atoms with Gasteiger partial charge in [-0.2, -0.15) is 0 Å². The molecule has 2 rings (SSSR count). The molecule has 0 aromatic heterocycles. The molecule has 0 radical (unpaired) electrons. The normalized spacial score (nSPS) is 17.5. The third-order valence-electron chi connectivity index (χ3n) is 4.34. The molecule has 1 heterocycles. The highest BCUT2D eigenvalue weighted by Crippen LogP contribution is 2.15. The third-order valence-corrected chi connectivity index (χ3v) is 4.59. The summed E-state index contributed by atoms with van der Waals surface area (Å²) < 4.78 is 5.73. The van der Waals surface area contributed by atoms with Gasteiger partial charge in [0, 0.05) is 43.8 Å². The number of nitrogens with zero attached hydrogens (tertiary/aromatic N) is 2. The van der Waals surface area contributed by atoms with E-state index in [4.69, 9.17) is 16.3 Å². The number of benzene rings is 1. The molecule has 1 aromatic rings. The highest BCUT2D eigenvalue weighted by atomic mass is 35.5. The van der Waals surface area contributed by atoms with Gasteiger partial charge in [-0.25, -0.2) is 0 Å². The van der Waals surface area contributed by atoms with Crippen molar-refractivity contribution in [1.29, 1.82) is 0 Å². The highest BCUT2D eigenvalue weighted by molar-refractivity contribution is 6.30. The van der Waals surface area contributed by atoms with E-state index in [2.05, 4.69) is 22.0 Å². The number of ether oxygens (including phenoxy) is 1. The Balaban J connectivity index is 1.60. The zero-order chi connectivity index (χ0) is 17.4. The molecule has 1 aliphatic heterocycles. The van der Waals surface area contributed by atoms with Crippen molar-refractivity contribution in [1.82, 2.24) is 15.1 Å². The Kier molecular flexibility index (Phi) is 7.82. The van der Waals surface area contributed by atoms with E-state index in [9.17, 15) is 4.79 Å². The van der Waals surface area contributed by atoms with Gasteiger partial charge in [0.25, 0.3) is 0 Å². The van der Waals surface area contributed by atoms with Crippen LogP contribution in [0.4, 0.5) is 0 Å². The van der Waals surface area contributed by atoms with Crippen molar-refractivity contribution in [2.45, 2.75) is 26.3 Å². The van der Waals surface area contributed by atoms with E-state index in [0.717, 1.165) is 49.9 Å². The van der Waals surface area contributed by atoms with Crippen molar-refractivity contribution in [3.63, 3.8) is 0 Å². The van der Waals surface area contributed by atoms with Gasteiger partial charge in [0.1, 0.15) is 12.4 Å². The Bertz CT molecular complexity index is 501. The first kappa shape index (κ1) is 19.0. The smallest absolute Gasteiger partial charge is 0.234 e. The number of carbonyl (C=O) groups excluding carboxylic acids is 1. The molecule has 0 bridgehead atoms. The average Bonchev–Trinajstić information content (AvgIpc) is 2.58. The molecule has 1 amide bonds. The summed E-state index contributed by atoms with van der Waals surface area (Å²) in [5, 5.41) is 3.74. The summed E-state index contributed by atoms with van der Waals surface area (Å²) in [4.78, 5) is 16.5. The molecule has 1 saturated heterocycles. The standard InChI is InChI=1S/C18H28ClN3O2/c1-3-15(2)20-18(23)14-22-10-8-21(9-11-22)12-13-24-17-6-4-16(19)5-7-17/h4-7,15H,3,8-14H2,1-2H3,(H,20,23). The monoisotopic (exact) mass is 353 g/mol. The summed E-state index contributed by atoms with van der Waals surface area (Å²) in [7, 11) is 0. The quantitative estimate of drug-likeness (QED) is 0.778. The predicted molar refractivity (Wildman–Crippen MR) is 97.7 cm³/mol. The van der Waals surface area contributed by atoms with E-state index in [-0.39, 0.29) is 11.9 Å². The van der Waals surface area contributed by atoms with Gasteiger partial charge in [0.15, 0.2) is 0 Å². The molecule has 24 heavy (non-hydrogen) atoms. The van der Waals surface area contributed by atoms with Crippen LogP contribution >= 0.6 is 11.6 Å². The lowest BCUT2D eigenvalue weighted by atomic mass is 10.2. The Hall–Kier alpha value is -1.30. The van der Waals surface area contributed by atoms with Crippen molar-refractivity contribution in [3.8, 4) is 5.75 Å². The van der Waals surface area contributed by atoms with Crippen LogP contribution in [0.25, 0.3) is 0 Å². The molecule has 1 aromatic carbocycles. The average molecular weight is 354 g/mol. The molecule has 6 heteroatoms. The van der Waals surface area contributed by atoms with Gasteiger partial charge in [-0.05, 0) is 37.6 Å². The van der Waals surface area contributed by atoms with Crippen LogP contribution in [0.2, 0.25) is 5.02 Å². The van der Waals surface area contributed by atoms with Gasteiger partial charge in [-0.1, -0.05) is 18.5 Å². The van der Waals surface area contributed by atoms with Crippen molar-refractivity contribution in [2.24, 2.45) is 0 Å². The van der Waals surface area contributed by atoms with Gasteiger partial charge in [-0.3, -0.25) is 14.6 Å². The fourth-order valence-corrected chi connectivity index (χ4v) is 2.75. The van der Waals surface area contributed by atoms with E-state index in [1.54, 1.807) is 0 Å². The number of piperazine rings is 1. The first-order valence-corrected chi connectivity index (χ1v) is 9.07. The van der Waals surface area contributed by atoms with Crippen LogP contribution in [0.3, 0.4) is 0 Å². The van der Waals surface area contributed by atoms with Gasteiger partial charge in [0.05, 0.1) is 6.54 Å². The van der Waals surface area contributed by atoms with Gasteiger partial charge >= 0.3 is 0 Å². The predicted octanol–water partition coefficient (Wildman–Crippen LogP) is 2.25. The molecule has 134 valence electrons. The van der Waals surface area contributed by atoms with Gasteiger partial charge in [0.2, 0.25) is 5.91 Å². The number of amides is 1. The SMILES string of the molecule is CCC(C)NC(=O)CN1CCN(CCOc2ccc(Cl)cc2)CC1. The minimum absolute atomic E-state index is 0.129. The number of rotatable bonds is 8. The topological polar surface area (TPSA) is 44.8 Å². The molecule has 1 N–H and O–H groups in total. The van der Waals surface area contributed by atoms with Crippen molar-refractivity contribution in [3.05, 3.63) is 29.3 Å². The number of nitrogens with one attached hydrogen (secondary N) is 1. The van der Waals surface area contributed by atoms with Crippen LogP contribution in [-0.2, 0) is 4.79 Å². The molecule has 1 fully saturated rings. The minimum Gasteiger partial charge on any atom is -0.492 e. The van der Waals surface area contributed by atoms with E-state index in [1.807, 2.05) is 31.2 Å². The highest BCUT2D eigenvalue weighted by Gasteiger charge is 2.19. The van der Waals surface area contributed by atoms with Crippen LogP contribution in [0.15, 0.2) is 24.3 Å². The molecular weight excluding hydrogens is 326 g/mol. The van der Waals surface area contributed by atoms with Gasteiger partial charge in [-0.15, -0.1) is 0 Å². The second kappa shape index (κ2) is 9.87. The van der Waals surface area contributed by atoms with E-state index < -0.39 is 0 Å². The fourth-order valence-electron chi connectivity index (χ4n) is 2.62. The number of hydrogen-bond donors (Lipinski definition) is 1. The first-order chi connectivity index (χ1) is 11.6. The summed E-state index contributed by atoms with van der Waals surface area (Å²) in [5.41, 5.74) is 0. The van der Waals surface area contributed by atoms with Gasteiger partial charge < -0.3 is 10.1 Å². The molecule has 0 aliphatic carbocycles. The second-order valence-electron chi connectivity index (χ2n) is 6.30. The van der Waals surface area contributed by atoms with Crippen LogP contribution in [0.1, 0.15) is 20.3 Å². The van der Waals surface area contributed by atoms with E-state index in [0.29, 0.717) is 13.2 Å². The fraction of sp³-hybridized carbons (Fsp3) is 0.611. The number of hydrogen-bond acceptors (Lipinski definition) is 4. The lowest BCUT2D eigenvalue weighted by molar-refractivity contribution is -0.123. The maximum Gasteiger partial charge on any atom is 0.234 e. The van der Waals surface area contributed by atoms with Crippen LogP contribution < -0.4 is 10.1 Å². The number of carbonyl (C=O) groups is 1. The first-order valence-electron chi connectivity index (χ1n) is 8.69. The van der Waals surface area contributed by atoms with Crippen LogP contribution in [-0.4, -0.2) is 67.6 Å². The summed E-state index contributed by atoms with van der Waals surface area (Å²) >= 11 is 5.86. The molecule has 1 atom stereocenters. The third kappa shape index (κ3) is 6.67. The Labute approximate surface area is 149 Å². The second-order valence-corrected chi connectivity index (χ2v) is 6.73. The van der Waals surface area contributed by atoms with Crippen LogP contribution in [0.5, 0.6) is 5.75 Å². The van der Waals surface area contributed by atoms with E-state index >= 15 is 0 Å². The lowest BCUT2D eigenvalue weighted by Gasteiger charge is -2.34. The maximum atomic E-state index is 11.9. The Morgan fingerprint density at radius 1 is 1.21 bits per heavy atom. The summed E-state index contributed by atoms with van der Waals surface area (Å²) in [6.45, 7) is 9.97. The molecule has 0 saturated carbocycles. The van der Waals surface area contributed by atoms with E-state index in [1.165, 1.54) is 0 Å². The zero-order valence-corrected chi connectivity index (χ0v) is 15.4. The van der Waals surface area contributed by atoms with Crippen molar-refractivity contribution in [2.75, 3.05) is 45.9 Å². The zero-order valence-electron chi connectivity index (χ0n) is 14.6. The molecule has 0 spiro atoms. The van der Waals surface area contributed by atoms with Crippen molar-refractivity contribution < 1.29 is 9.53 Å². The van der Waals surface area contributed by atoms with Crippen LogP contribution in [0, 0.1) is 0 Å². The largest absolute Gasteiger partial charge is 0.492 e. The molecule has 1 aliphatic rings. The maximum absolute atomic E-state index is 11.9. The summed E-state index contributed by atoms with van der Waals surface area (Å²) in [6.07, 6.45) is 0.965. The van der Waals surface area contributed by atoms with Crippen molar-refractivity contribution >= 4 is 17.5 Å². The minimum atomic E-state index is 0.129. The number of halogens is 1. The molecule has 5 nitrogen and oxygen atoms in total. The molecular formula is C18H28ClN3O2. The summed E-state index contributed by atoms with van der Waals surface area (Å²) in [6, 6.07) is 7.69. The Morgan fingerprint density at radius 3 is 2.46 bits per heavy atom. The Morgan fingerprint density at radius 2 is 1.83 bits per heavy atom. The lowest BCUT2D eigenvalue weighted by Crippen LogP contribution is -2.50.